The van der Waals surface area contributed by atoms with Crippen molar-refractivity contribution in [2.75, 3.05) is 0 Å². The van der Waals surface area contributed by atoms with Crippen LogP contribution in [0.5, 0.6) is 0 Å². The van der Waals surface area contributed by atoms with E-state index in [-0.39, 0.29) is 24.8 Å². The number of hydrogen-bond donors (Lipinski definition) is 0. The van der Waals surface area contributed by atoms with Crippen LogP contribution in [0.4, 0.5) is 0 Å². The zero-order valence-electron chi connectivity index (χ0n) is 24.1. The quantitative estimate of drug-likeness (QED) is 0.237. The van der Waals surface area contributed by atoms with Crippen LogP contribution in [0.3, 0.4) is 0 Å². The Balaban J connectivity index is 0.00000200. The van der Waals surface area contributed by atoms with E-state index in [1.54, 1.807) is 21.9 Å². The summed E-state index contributed by atoms with van der Waals surface area (Å²) in [5, 5.41) is 1.63. The normalized spacial score (nSPS) is 17.9. The van der Waals surface area contributed by atoms with Crippen molar-refractivity contribution in [1.29, 1.82) is 0 Å². The molecule has 2 unspecified atom stereocenters. The van der Waals surface area contributed by atoms with Crippen molar-refractivity contribution < 1.29 is 23.3 Å². The molecule has 3 aromatic carbocycles. The van der Waals surface area contributed by atoms with Gasteiger partial charge in [-0.3, -0.25) is 0 Å². The van der Waals surface area contributed by atoms with E-state index in [9.17, 15) is 0 Å². The van der Waals surface area contributed by atoms with Crippen molar-refractivity contribution in [3.05, 3.63) is 99.2 Å². The summed E-state index contributed by atoms with van der Waals surface area (Å²) < 4.78 is 12.9. The minimum absolute atomic E-state index is 0. The second-order valence-corrected chi connectivity index (χ2v) is 42.0. The number of aryl methyl sites for hydroxylation is 1. The molecule has 0 N–H and O–H groups in total. The summed E-state index contributed by atoms with van der Waals surface area (Å²) in [6, 6.07) is 23.5. The molecule has 3 aromatic rings. The van der Waals surface area contributed by atoms with Gasteiger partial charge in [0.1, 0.15) is 0 Å². The van der Waals surface area contributed by atoms with Crippen molar-refractivity contribution in [3.8, 4) is 11.1 Å². The van der Waals surface area contributed by atoms with E-state index in [1.807, 2.05) is 0 Å². The van der Waals surface area contributed by atoms with Crippen LogP contribution in [0, 0.1) is 0 Å². The van der Waals surface area contributed by atoms with E-state index in [1.165, 1.54) is 33.6 Å². The van der Waals surface area contributed by atoms with E-state index in [4.69, 9.17) is 4.43 Å². The SMILES string of the molecule is CCc1cccc2c1C(O[Si](C)(C)C)=C([SiH](C)C)C2c1cccc2c1[CH]([Zr]([CH3])([CH3])=[SiH2])c1ccccc1-2.Cl.Cl. The average Bonchev–Trinajstić information content (AvgIpc) is 3.31. The minimum atomic E-state index is -2.38. The van der Waals surface area contributed by atoms with Crippen molar-refractivity contribution in [3.63, 3.8) is 0 Å². The molecule has 0 fully saturated rings. The predicted octanol–water partition coefficient (Wildman–Crippen LogP) is 8.69. The fourth-order valence-corrected chi connectivity index (χ4v) is 17.2. The van der Waals surface area contributed by atoms with Gasteiger partial charge in [0.15, 0.2) is 0 Å². The van der Waals surface area contributed by atoms with Gasteiger partial charge in [-0.1, -0.05) is 0 Å². The summed E-state index contributed by atoms with van der Waals surface area (Å²) in [6.45, 7) is 16.7. The molecule has 2 atom stereocenters. The summed E-state index contributed by atoms with van der Waals surface area (Å²) in [5.74, 6) is 1.59. The number of fused-ring (bicyclic) bond motifs is 4. The van der Waals surface area contributed by atoms with Crippen molar-refractivity contribution in [2.45, 2.75) is 64.9 Å². The smallest absolute Gasteiger partial charge is 0.147 e. The maximum absolute atomic E-state index is 7.04. The van der Waals surface area contributed by atoms with Gasteiger partial charge in [-0.05, 0) is 0 Å². The van der Waals surface area contributed by atoms with E-state index in [0.717, 1.165) is 6.42 Å². The molecule has 0 amide bonds. The molecule has 0 heterocycles. The summed E-state index contributed by atoms with van der Waals surface area (Å²) in [7, 11) is -2.97. The standard InChI is InChI=1S/C29H33OSi2.2CH3.2ClH.H2Si.Zr/c1-7-19-13-10-17-24-26(19)28(30-32(4,5)6)29(31(2)3)27(24)23-16-11-15-22-21-14-9-8-12-20(21)18-25(22)23;;;;;;/h8-18,27,31H,7H2,1-6H3;2*1H3;2*1H;1H2;. The largest absolute Gasteiger partial charge is 0.147 e. The molecule has 203 valence electrons. The topological polar surface area (TPSA) is 9.23 Å². The molecular formula is C31H43Cl2OSi3Zr. The van der Waals surface area contributed by atoms with Crippen molar-refractivity contribution in [1.82, 2.24) is 0 Å². The first-order valence-electron chi connectivity index (χ1n) is 13.6. The second kappa shape index (κ2) is 11.7. The minimum Gasteiger partial charge on any atom is -0.147 e. The summed E-state index contributed by atoms with van der Waals surface area (Å²) in [5.41, 5.74) is 12.1. The molecule has 7 heteroatoms. The molecule has 0 bridgehead atoms. The Morgan fingerprint density at radius 3 is 2.03 bits per heavy atom. The molecule has 2 aliphatic rings. The van der Waals surface area contributed by atoms with Crippen LogP contribution in [-0.4, -0.2) is 24.0 Å². The van der Waals surface area contributed by atoms with Gasteiger partial charge < -0.3 is 0 Å². The Morgan fingerprint density at radius 2 is 1.42 bits per heavy atom. The van der Waals surface area contributed by atoms with E-state index < -0.39 is 36.0 Å². The molecule has 1 nitrogen and oxygen atoms in total. The molecule has 0 spiro atoms. The second-order valence-electron chi connectivity index (χ2n) is 12.6. The van der Waals surface area contributed by atoms with Gasteiger partial charge in [0.05, 0.1) is 0 Å². The summed E-state index contributed by atoms with van der Waals surface area (Å²) in [4.78, 5) is 0. The van der Waals surface area contributed by atoms with Gasteiger partial charge in [-0.15, -0.1) is 24.8 Å². The van der Waals surface area contributed by atoms with Crippen molar-refractivity contribution >= 4 is 54.6 Å². The number of allylic oxidation sites excluding steroid dienone is 1. The number of rotatable bonds is 6. The molecule has 0 aromatic heterocycles. The number of halogens is 2. The van der Waals surface area contributed by atoms with Gasteiger partial charge in [-0.2, -0.15) is 0 Å². The Morgan fingerprint density at radius 1 is 0.842 bits per heavy atom. The molecule has 0 aliphatic heterocycles. The van der Waals surface area contributed by atoms with Crippen LogP contribution in [0.15, 0.2) is 65.9 Å². The van der Waals surface area contributed by atoms with Crippen LogP contribution < -0.4 is 0 Å². The van der Waals surface area contributed by atoms with E-state index >= 15 is 0 Å². The van der Waals surface area contributed by atoms with Crippen LogP contribution in [0.1, 0.15) is 49.8 Å². The predicted molar refractivity (Wildman–Crippen MR) is 176 cm³/mol. The first-order valence-corrected chi connectivity index (χ1v) is 32.1. The number of hydrogen-bond acceptors (Lipinski definition) is 1. The molecule has 0 radical (unpaired) electrons. The third kappa shape index (κ3) is 5.45. The van der Waals surface area contributed by atoms with E-state index in [2.05, 4.69) is 116 Å². The summed E-state index contributed by atoms with van der Waals surface area (Å²) >= 11 is -2.38. The molecular weight excluding hydrogens is 635 g/mol. The Bertz CT molecular complexity index is 1440. The maximum atomic E-state index is 7.04. The van der Waals surface area contributed by atoms with Crippen LogP contribution in [0.25, 0.3) is 16.9 Å². The molecule has 0 saturated heterocycles. The fraction of sp³-hybridized carbons (Fsp3) is 0.355. The Kier molecular flexibility index (Phi) is 9.77. The molecule has 38 heavy (non-hydrogen) atoms. The van der Waals surface area contributed by atoms with E-state index in [0.29, 0.717) is 9.54 Å². The first-order chi connectivity index (χ1) is 16.9. The van der Waals surface area contributed by atoms with Gasteiger partial charge in [0.25, 0.3) is 0 Å². The average molecular weight is 678 g/mol. The first kappa shape index (κ1) is 31.8. The van der Waals surface area contributed by atoms with Gasteiger partial charge in [0.2, 0.25) is 0 Å². The molecule has 0 saturated carbocycles. The molecule has 5 rings (SSSR count). The van der Waals surface area contributed by atoms with Crippen molar-refractivity contribution in [2.24, 2.45) is 0 Å². The zero-order chi connectivity index (χ0) is 26.0. The van der Waals surface area contributed by atoms with Crippen LogP contribution in [0.2, 0.25) is 42.0 Å². The monoisotopic (exact) mass is 675 g/mol. The van der Waals surface area contributed by atoms with Gasteiger partial charge in [-0.25, -0.2) is 0 Å². The zero-order valence-corrected chi connectivity index (χ0v) is 31.8. The Hall–Kier alpha value is -0.686. The Labute approximate surface area is 251 Å². The third-order valence-corrected chi connectivity index (χ3v) is 18.2. The van der Waals surface area contributed by atoms with Gasteiger partial charge in [0, 0.05) is 0 Å². The maximum Gasteiger partial charge on any atom is -0.147 e. The summed E-state index contributed by atoms with van der Waals surface area (Å²) in [6.07, 6.45) is 1.04. The van der Waals surface area contributed by atoms with Crippen LogP contribution in [-0.2, 0) is 29.7 Å². The molecule has 2 aliphatic carbocycles. The van der Waals surface area contributed by atoms with Crippen LogP contribution >= 0.6 is 24.8 Å². The fourth-order valence-electron chi connectivity index (χ4n) is 6.57. The number of benzene rings is 3. The van der Waals surface area contributed by atoms with Gasteiger partial charge >= 0.3 is 228 Å². The third-order valence-electron chi connectivity index (χ3n) is 7.79.